The largest absolute Gasteiger partial charge is 1.00 e. The normalized spacial score (nSPS) is 8.23. The Labute approximate surface area is 121 Å². The van der Waals surface area contributed by atoms with Gasteiger partial charge in [0.2, 0.25) is 0 Å². The molecule has 0 rings (SSSR count). The Morgan fingerprint density at radius 1 is 1.38 bits per heavy atom. The number of aliphatic carboxylic acids is 1. The zero-order chi connectivity index (χ0) is 9.49. The molecule has 0 saturated carbocycles. The van der Waals surface area contributed by atoms with Crippen LogP contribution in [0, 0.1) is 0 Å². The van der Waals surface area contributed by atoms with Crippen molar-refractivity contribution >= 4 is 16.1 Å². The molecule has 0 spiro atoms. The van der Waals surface area contributed by atoms with Gasteiger partial charge in [-0.3, -0.25) is 0 Å². The minimum atomic E-state index is -4.17. The molecule has 0 unspecified atom stereocenters. The Balaban J connectivity index is -0.0000000600. The number of aliphatic hydroxyl groups excluding tert-OH is 1. The monoisotopic (exact) mass is 230 g/mol. The van der Waals surface area contributed by atoms with E-state index < -0.39 is 28.4 Å². The van der Waals surface area contributed by atoms with Crippen LogP contribution in [0.4, 0.5) is 0 Å². The summed E-state index contributed by atoms with van der Waals surface area (Å²) < 4.78 is 28.5. The van der Waals surface area contributed by atoms with E-state index in [1.807, 2.05) is 0 Å². The first-order chi connectivity index (χ1) is 4.79. The smallest absolute Gasteiger partial charge is 0.748 e. The topological polar surface area (TPSA) is 118 Å². The third kappa shape index (κ3) is 60.2. The Kier molecular flexibility index (Phi) is 24.5. The molecule has 0 aliphatic heterocycles. The third-order valence-corrected chi connectivity index (χ3v) is 1.02. The molecule has 0 aliphatic rings. The van der Waals surface area contributed by atoms with Gasteiger partial charge in [0.15, 0.2) is 0 Å². The van der Waals surface area contributed by atoms with Crippen molar-refractivity contribution in [2.24, 2.45) is 0 Å². The van der Waals surface area contributed by atoms with Crippen LogP contribution in [-0.2, 0) is 14.9 Å². The molecule has 0 aromatic rings. The predicted octanol–water partition coefficient (Wildman–Crippen LogP) is -8.71. The number of aliphatic hydroxyl groups is 1. The van der Waals surface area contributed by atoms with Crippen LogP contribution in [0.2, 0.25) is 0 Å². The van der Waals surface area contributed by atoms with Crippen molar-refractivity contribution in [1.29, 1.82) is 0 Å². The Morgan fingerprint density at radius 2 is 1.62 bits per heavy atom. The molecule has 13 heavy (non-hydrogen) atoms. The summed E-state index contributed by atoms with van der Waals surface area (Å²) >= 11 is 0. The number of hydrogen-bond acceptors (Lipinski definition) is 6. The van der Waals surface area contributed by atoms with Crippen molar-refractivity contribution < 1.29 is 87.1 Å². The van der Waals surface area contributed by atoms with Crippen molar-refractivity contribution in [2.45, 2.75) is 6.92 Å². The van der Waals surface area contributed by atoms with Gasteiger partial charge in [-0.2, -0.15) is 0 Å². The maximum absolute atomic E-state index is 9.52. The van der Waals surface area contributed by atoms with Crippen molar-refractivity contribution in [3.8, 4) is 0 Å². The van der Waals surface area contributed by atoms with Gasteiger partial charge in [-0.15, -0.1) is 0 Å². The van der Waals surface area contributed by atoms with Crippen molar-refractivity contribution in [2.75, 3.05) is 12.4 Å². The van der Waals surface area contributed by atoms with Crippen LogP contribution in [0.25, 0.3) is 0 Å². The Hall–Kier alpha value is 1.34. The Morgan fingerprint density at radius 3 is 1.62 bits per heavy atom. The van der Waals surface area contributed by atoms with E-state index in [2.05, 4.69) is 0 Å². The van der Waals surface area contributed by atoms with Gasteiger partial charge in [-0.25, -0.2) is 8.42 Å². The number of carbonyl (C=O) groups is 1. The van der Waals surface area contributed by atoms with E-state index in [0.717, 1.165) is 6.92 Å². The van der Waals surface area contributed by atoms with Gasteiger partial charge in [0, 0.05) is 5.97 Å². The van der Waals surface area contributed by atoms with Crippen molar-refractivity contribution in [1.82, 2.24) is 0 Å². The van der Waals surface area contributed by atoms with Crippen LogP contribution in [0.5, 0.6) is 0 Å². The van der Waals surface area contributed by atoms with Gasteiger partial charge >= 0.3 is 59.1 Å². The second-order valence-electron chi connectivity index (χ2n) is 1.48. The standard InChI is InChI=1S/C2H6O4S.C2H4O2.2Na/c3-1-2-7(4,5)6;1-2(3)4;;/h3H,1-2H2,(H,4,5,6);1H3,(H,3,4);;/q;;2*+1/p-2. The first-order valence-corrected chi connectivity index (χ1v) is 4.09. The molecule has 0 aromatic carbocycles. The fourth-order valence-corrected chi connectivity index (χ4v) is 0.335. The van der Waals surface area contributed by atoms with Gasteiger partial charge in [0.25, 0.3) is 0 Å². The molecule has 6 nitrogen and oxygen atoms in total. The van der Waals surface area contributed by atoms with Crippen LogP contribution in [0.1, 0.15) is 6.92 Å². The summed E-state index contributed by atoms with van der Waals surface area (Å²) in [5.41, 5.74) is 0. The molecule has 0 amide bonds. The van der Waals surface area contributed by atoms with Crippen molar-refractivity contribution in [3.63, 3.8) is 0 Å². The molecule has 0 aromatic heterocycles. The second-order valence-corrected chi connectivity index (χ2v) is 3.00. The molecule has 1 N–H and O–H groups in total. The molecule has 68 valence electrons. The number of carboxylic acids is 1. The minimum absolute atomic E-state index is 0. The maximum atomic E-state index is 9.52. The first-order valence-electron chi connectivity index (χ1n) is 2.51. The first kappa shape index (κ1) is 23.9. The average Bonchev–Trinajstić information content (AvgIpc) is 1.58. The minimum Gasteiger partial charge on any atom is -0.748 e. The van der Waals surface area contributed by atoms with Gasteiger partial charge in [-0.1, -0.05) is 0 Å². The number of carbonyl (C=O) groups excluding carboxylic acids is 1. The van der Waals surface area contributed by atoms with E-state index in [1.165, 1.54) is 0 Å². The average molecular weight is 230 g/mol. The predicted molar refractivity (Wildman–Crippen MR) is 32.3 cm³/mol. The summed E-state index contributed by atoms with van der Waals surface area (Å²) in [7, 11) is -4.17. The van der Waals surface area contributed by atoms with E-state index in [0.29, 0.717) is 0 Å². The zero-order valence-corrected chi connectivity index (χ0v) is 12.6. The summed E-state index contributed by atoms with van der Waals surface area (Å²) in [5.74, 6) is -1.77. The van der Waals surface area contributed by atoms with E-state index in [4.69, 9.17) is 15.0 Å². The van der Waals surface area contributed by atoms with Crippen molar-refractivity contribution in [3.05, 3.63) is 0 Å². The molecule has 0 bridgehead atoms. The molecule has 0 atom stereocenters. The summed E-state index contributed by atoms with van der Waals surface area (Å²) in [4.78, 5) is 8.89. The van der Waals surface area contributed by atoms with Crippen LogP contribution in [-0.4, -0.2) is 36.4 Å². The van der Waals surface area contributed by atoms with Gasteiger partial charge in [0.1, 0.15) is 0 Å². The van der Waals surface area contributed by atoms with Crippen LogP contribution in [0.15, 0.2) is 0 Å². The fourth-order valence-electron chi connectivity index (χ4n) is 0.112. The van der Waals surface area contributed by atoms with Crippen LogP contribution < -0.4 is 64.2 Å². The number of rotatable bonds is 2. The summed E-state index contributed by atoms with van der Waals surface area (Å²) in [5, 5.41) is 16.7. The molecule has 0 fully saturated rings. The van der Waals surface area contributed by atoms with Crippen LogP contribution >= 0.6 is 0 Å². The molecule has 9 heteroatoms. The molecule has 0 saturated heterocycles. The molecule has 0 heterocycles. The van der Waals surface area contributed by atoms with E-state index in [-0.39, 0.29) is 59.1 Å². The second kappa shape index (κ2) is 13.3. The molecular weight excluding hydrogens is 222 g/mol. The molecule has 0 radical (unpaired) electrons. The van der Waals surface area contributed by atoms with Gasteiger partial charge < -0.3 is 19.6 Å². The number of carboxylic acid groups (broad SMARTS) is 1. The van der Waals surface area contributed by atoms with Gasteiger partial charge in [0.05, 0.1) is 22.5 Å². The fraction of sp³-hybridized carbons (Fsp3) is 0.750. The van der Waals surface area contributed by atoms with Crippen LogP contribution in [0.3, 0.4) is 0 Å². The summed E-state index contributed by atoms with van der Waals surface area (Å²) in [6.07, 6.45) is 0. The summed E-state index contributed by atoms with van der Waals surface area (Å²) in [6.45, 7) is 0.381. The maximum Gasteiger partial charge on any atom is 1.00 e. The SMILES string of the molecule is CC(=O)[O-].O=S(=O)([O-])CCO.[Na+].[Na+]. The zero-order valence-electron chi connectivity index (χ0n) is 7.81. The van der Waals surface area contributed by atoms with E-state index in [1.54, 1.807) is 0 Å². The summed E-state index contributed by atoms with van der Waals surface area (Å²) in [6, 6.07) is 0. The molecular formula is C4H8Na2O6S. The van der Waals surface area contributed by atoms with E-state index >= 15 is 0 Å². The van der Waals surface area contributed by atoms with Gasteiger partial charge in [-0.05, 0) is 6.92 Å². The van der Waals surface area contributed by atoms with E-state index in [9.17, 15) is 13.0 Å². The Bertz CT molecular complexity index is 197. The molecule has 0 aliphatic carbocycles. The third-order valence-electron chi connectivity index (χ3n) is 0.341. The quantitative estimate of drug-likeness (QED) is 0.372. The number of hydrogen-bond donors (Lipinski definition) is 1.